The number of hydrogen-bond donors (Lipinski definition) is 2. The number of aromatic hydroxyl groups is 1. The summed E-state index contributed by atoms with van der Waals surface area (Å²) in [5, 5.41) is 11.4. The standard InChI is InChI=1S/C10H13FN2O2/c1-3-13(2)10(15)12-7-4-5-9(14)8(11)6-7/h4-6,14H,3H2,1-2H3,(H,12,15). The molecule has 82 valence electrons. The van der Waals surface area contributed by atoms with Crippen molar-refractivity contribution in [3.05, 3.63) is 24.0 Å². The van der Waals surface area contributed by atoms with Gasteiger partial charge in [0.1, 0.15) is 0 Å². The van der Waals surface area contributed by atoms with Gasteiger partial charge in [0.15, 0.2) is 11.6 Å². The number of amides is 2. The van der Waals surface area contributed by atoms with Crippen molar-refractivity contribution in [3.63, 3.8) is 0 Å². The van der Waals surface area contributed by atoms with Crippen LogP contribution in [-0.4, -0.2) is 29.6 Å². The van der Waals surface area contributed by atoms with Crippen molar-refractivity contribution in [2.45, 2.75) is 6.92 Å². The second kappa shape index (κ2) is 4.63. The first kappa shape index (κ1) is 11.3. The van der Waals surface area contributed by atoms with E-state index in [1.54, 1.807) is 7.05 Å². The maximum Gasteiger partial charge on any atom is 0.321 e. The van der Waals surface area contributed by atoms with Crippen LogP contribution in [-0.2, 0) is 0 Å². The first-order valence-corrected chi connectivity index (χ1v) is 4.55. The van der Waals surface area contributed by atoms with Crippen LogP contribution in [0.3, 0.4) is 0 Å². The Morgan fingerprint density at radius 3 is 2.80 bits per heavy atom. The van der Waals surface area contributed by atoms with Crippen molar-refractivity contribution in [2.75, 3.05) is 18.9 Å². The highest BCUT2D eigenvalue weighted by Crippen LogP contribution is 2.19. The molecule has 5 heteroatoms. The molecule has 15 heavy (non-hydrogen) atoms. The summed E-state index contributed by atoms with van der Waals surface area (Å²) in [7, 11) is 1.63. The molecule has 0 aromatic heterocycles. The molecule has 0 atom stereocenters. The van der Waals surface area contributed by atoms with Crippen LogP contribution in [0.5, 0.6) is 5.75 Å². The molecule has 4 nitrogen and oxygen atoms in total. The lowest BCUT2D eigenvalue weighted by Crippen LogP contribution is -2.30. The number of phenols is 1. The second-order valence-electron chi connectivity index (χ2n) is 3.11. The summed E-state index contributed by atoms with van der Waals surface area (Å²) >= 11 is 0. The number of benzene rings is 1. The molecular formula is C10H13FN2O2. The topological polar surface area (TPSA) is 52.6 Å². The number of urea groups is 1. The maximum absolute atomic E-state index is 12.9. The maximum atomic E-state index is 12.9. The van der Waals surface area contributed by atoms with E-state index in [0.717, 1.165) is 6.07 Å². The Kier molecular flexibility index (Phi) is 3.49. The van der Waals surface area contributed by atoms with Crippen molar-refractivity contribution in [1.29, 1.82) is 0 Å². The largest absolute Gasteiger partial charge is 0.505 e. The molecule has 2 N–H and O–H groups in total. The van der Waals surface area contributed by atoms with E-state index in [-0.39, 0.29) is 6.03 Å². The number of nitrogens with one attached hydrogen (secondary N) is 1. The predicted octanol–water partition coefficient (Wildman–Crippen LogP) is 2.01. The summed E-state index contributed by atoms with van der Waals surface area (Å²) in [6.07, 6.45) is 0. The molecule has 1 aromatic carbocycles. The van der Waals surface area contributed by atoms with Crippen molar-refractivity contribution in [1.82, 2.24) is 4.90 Å². The van der Waals surface area contributed by atoms with Gasteiger partial charge in [0.25, 0.3) is 0 Å². The molecule has 0 unspecified atom stereocenters. The fourth-order valence-electron chi connectivity index (χ4n) is 0.947. The van der Waals surface area contributed by atoms with Crippen LogP contribution >= 0.6 is 0 Å². The highest BCUT2D eigenvalue weighted by atomic mass is 19.1. The quantitative estimate of drug-likeness (QED) is 0.737. The Morgan fingerprint density at radius 1 is 1.60 bits per heavy atom. The second-order valence-corrected chi connectivity index (χ2v) is 3.11. The van der Waals surface area contributed by atoms with Crippen molar-refractivity contribution >= 4 is 11.7 Å². The number of rotatable bonds is 2. The van der Waals surface area contributed by atoms with E-state index < -0.39 is 11.6 Å². The predicted molar refractivity (Wildman–Crippen MR) is 55.4 cm³/mol. The van der Waals surface area contributed by atoms with E-state index >= 15 is 0 Å². The molecule has 0 aliphatic carbocycles. The van der Waals surface area contributed by atoms with E-state index in [0.29, 0.717) is 12.2 Å². The molecule has 0 radical (unpaired) electrons. The minimum atomic E-state index is -0.757. The van der Waals surface area contributed by atoms with Gasteiger partial charge in [-0.15, -0.1) is 0 Å². The lowest BCUT2D eigenvalue weighted by Gasteiger charge is -2.15. The van der Waals surface area contributed by atoms with Gasteiger partial charge in [0.2, 0.25) is 0 Å². The zero-order chi connectivity index (χ0) is 11.4. The van der Waals surface area contributed by atoms with E-state index in [1.807, 2.05) is 6.92 Å². The monoisotopic (exact) mass is 212 g/mol. The van der Waals surface area contributed by atoms with E-state index in [2.05, 4.69) is 5.32 Å². The molecule has 0 fully saturated rings. The molecule has 0 bridgehead atoms. The molecule has 1 aromatic rings. The Labute approximate surface area is 87.3 Å². The number of nitrogens with zero attached hydrogens (tertiary/aromatic N) is 1. The zero-order valence-electron chi connectivity index (χ0n) is 8.62. The van der Waals surface area contributed by atoms with E-state index in [1.165, 1.54) is 17.0 Å². The summed E-state index contributed by atoms with van der Waals surface area (Å²) in [5.41, 5.74) is 0.315. The fourth-order valence-corrected chi connectivity index (χ4v) is 0.947. The van der Waals surface area contributed by atoms with Crippen LogP contribution in [0.2, 0.25) is 0 Å². The SMILES string of the molecule is CCN(C)C(=O)Nc1ccc(O)c(F)c1. The normalized spacial score (nSPS) is 9.80. The highest BCUT2D eigenvalue weighted by molar-refractivity contribution is 5.89. The smallest absolute Gasteiger partial charge is 0.321 e. The lowest BCUT2D eigenvalue weighted by molar-refractivity contribution is 0.224. The molecule has 0 spiro atoms. The third-order valence-corrected chi connectivity index (χ3v) is 2.02. The van der Waals surface area contributed by atoms with Crippen LogP contribution in [0.4, 0.5) is 14.9 Å². The number of hydrogen-bond acceptors (Lipinski definition) is 2. The van der Waals surface area contributed by atoms with Gasteiger partial charge < -0.3 is 15.3 Å². The van der Waals surface area contributed by atoms with Crippen LogP contribution in [0.1, 0.15) is 6.92 Å². The average Bonchev–Trinajstić information content (AvgIpc) is 2.22. The summed E-state index contributed by atoms with van der Waals surface area (Å²) in [6, 6.07) is 3.37. The van der Waals surface area contributed by atoms with Gasteiger partial charge in [0, 0.05) is 25.3 Å². The summed E-state index contributed by atoms with van der Waals surface area (Å²) in [5.74, 6) is -1.19. The van der Waals surface area contributed by atoms with Gasteiger partial charge >= 0.3 is 6.03 Å². The first-order valence-electron chi connectivity index (χ1n) is 4.55. The van der Waals surface area contributed by atoms with Crippen LogP contribution < -0.4 is 5.32 Å². The summed E-state index contributed by atoms with van der Waals surface area (Å²) in [4.78, 5) is 12.8. The van der Waals surface area contributed by atoms with E-state index in [9.17, 15) is 9.18 Å². The molecular weight excluding hydrogens is 199 g/mol. The van der Waals surface area contributed by atoms with Crippen LogP contribution in [0.25, 0.3) is 0 Å². The van der Waals surface area contributed by atoms with Gasteiger partial charge in [-0.2, -0.15) is 0 Å². The minimum Gasteiger partial charge on any atom is -0.505 e. The Morgan fingerprint density at radius 2 is 2.27 bits per heavy atom. The number of halogens is 1. The summed E-state index contributed by atoms with van der Waals surface area (Å²) in [6.45, 7) is 2.39. The van der Waals surface area contributed by atoms with Crippen molar-refractivity contribution in [2.24, 2.45) is 0 Å². The molecule has 1 rings (SSSR count). The zero-order valence-corrected chi connectivity index (χ0v) is 8.62. The van der Waals surface area contributed by atoms with Gasteiger partial charge in [0.05, 0.1) is 0 Å². The van der Waals surface area contributed by atoms with E-state index in [4.69, 9.17) is 5.11 Å². The average molecular weight is 212 g/mol. The Hall–Kier alpha value is -1.78. The van der Waals surface area contributed by atoms with Gasteiger partial charge in [-0.1, -0.05) is 0 Å². The Balaban J connectivity index is 2.73. The molecule has 0 saturated heterocycles. The van der Waals surface area contributed by atoms with Gasteiger partial charge in [-0.3, -0.25) is 0 Å². The molecule has 2 amide bonds. The molecule has 0 aliphatic rings. The number of carbonyl (C=O) groups excluding carboxylic acids is 1. The third kappa shape index (κ3) is 2.83. The van der Waals surface area contributed by atoms with Crippen LogP contribution in [0.15, 0.2) is 18.2 Å². The molecule has 0 saturated carbocycles. The fraction of sp³-hybridized carbons (Fsp3) is 0.300. The lowest BCUT2D eigenvalue weighted by atomic mass is 10.3. The van der Waals surface area contributed by atoms with Crippen molar-refractivity contribution < 1.29 is 14.3 Å². The number of carbonyl (C=O) groups is 1. The molecule has 0 heterocycles. The first-order chi connectivity index (χ1) is 7.04. The number of anilines is 1. The van der Waals surface area contributed by atoms with Crippen LogP contribution in [0, 0.1) is 5.82 Å². The van der Waals surface area contributed by atoms with Crippen molar-refractivity contribution in [3.8, 4) is 5.75 Å². The number of phenolic OH excluding ortho intramolecular Hbond substituents is 1. The van der Waals surface area contributed by atoms with Gasteiger partial charge in [-0.25, -0.2) is 9.18 Å². The molecule has 0 aliphatic heterocycles. The Bertz CT molecular complexity index is 368. The van der Waals surface area contributed by atoms with Gasteiger partial charge in [-0.05, 0) is 19.1 Å². The summed E-state index contributed by atoms with van der Waals surface area (Å²) < 4.78 is 12.9. The minimum absolute atomic E-state index is 0.315. The highest BCUT2D eigenvalue weighted by Gasteiger charge is 2.08. The third-order valence-electron chi connectivity index (χ3n) is 2.02.